The predicted octanol–water partition coefficient (Wildman–Crippen LogP) is 3.63. The predicted molar refractivity (Wildman–Crippen MR) is 131 cm³/mol. The summed E-state index contributed by atoms with van der Waals surface area (Å²) in [5.41, 5.74) is 1.49. The van der Waals surface area contributed by atoms with Gasteiger partial charge in [-0.1, -0.05) is 25.5 Å². The van der Waals surface area contributed by atoms with E-state index in [1.54, 1.807) is 18.7 Å². The number of aryl methyl sites for hydroxylation is 3. The lowest BCUT2D eigenvalue weighted by Crippen LogP contribution is -2.31. The molecule has 0 unspecified atom stereocenters. The zero-order chi connectivity index (χ0) is 24.4. The first kappa shape index (κ1) is 23.5. The smallest absolute Gasteiger partial charge is 0.348 e. The molecule has 9 nitrogen and oxygen atoms in total. The van der Waals surface area contributed by atoms with Gasteiger partial charge in [-0.3, -0.25) is 14.3 Å². The first-order valence-electron chi connectivity index (χ1n) is 10.9. The van der Waals surface area contributed by atoms with Crippen molar-refractivity contribution in [3.63, 3.8) is 0 Å². The topological polar surface area (TPSA) is 108 Å². The number of hydrogen-bond donors (Lipinski definition) is 1. The number of H-pyrrole nitrogens is 1. The SMILES string of the molecule is CCCCn1c(=O)[nH]c(=O)c2c1nc(COC(=O)c1cc(-c3ccc(OC)cc3)c(C)s1)n2C. The highest BCUT2D eigenvalue weighted by Gasteiger charge is 2.19. The second-order valence-corrected chi connectivity index (χ2v) is 9.17. The maximum atomic E-state index is 12.8. The largest absolute Gasteiger partial charge is 0.497 e. The van der Waals surface area contributed by atoms with Crippen LogP contribution < -0.4 is 16.0 Å². The van der Waals surface area contributed by atoms with Gasteiger partial charge in [0, 0.05) is 18.5 Å². The molecule has 0 saturated carbocycles. The van der Waals surface area contributed by atoms with Gasteiger partial charge >= 0.3 is 11.7 Å². The molecule has 1 N–H and O–H groups in total. The molecule has 0 amide bonds. The lowest BCUT2D eigenvalue weighted by molar-refractivity contribution is 0.0465. The van der Waals surface area contributed by atoms with E-state index in [0.29, 0.717) is 22.9 Å². The maximum Gasteiger partial charge on any atom is 0.348 e. The molecule has 0 aliphatic heterocycles. The minimum Gasteiger partial charge on any atom is -0.497 e. The summed E-state index contributed by atoms with van der Waals surface area (Å²) in [6, 6.07) is 9.44. The summed E-state index contributed by atoms with van der Waals surface area (Å²) in [4.78, 5) is 45.7. The summed E-state index contributed by atoms with van der Waals surface area (Å²) in [7, 11) is 3.28. The Labute approximate surface area is 199 Å². The van der Waals surface area contributed by atoms with Crippen LogP contribution in [0, 0.1) is 6.92 Å². The lowest BCUT2D eigenvalue weighted by Gasteiger charge is -2.04. The van der Waals surface area contributed by atoms with Crippen molar-refractivity contribution < 1.29 is 14.3 Å². The third-order valence-corrected chi connectivity index (χ3v) is 6.72. The Morgan fingerprint density at radius 1 is 1.21 bits per heavy atom. The monoisotopic (exact) mass is 482 g/mol. The van der Waals surface area contributed by atoms with Crippen molar-refractivity contribution in [3.8, 4) is 16.9 Å². The molecule has 0 aliphatic rings. The van der Waals surface area contributed by atoms with E-state index in [2.05, 4.69) is 9.97 Å². The van der Waals surface area contributed by atoms with E-state index < -0.39 is 17.2 Å². The fourth-order valence-corrected chi connectivity index (χ4v) is 4.72. The summed E-state index contributed by atoms with van der Waals surface area (Å²) in [5.74, 6) is 0.670. The van der Waals surface area contributed by atoms with Crippen molar-refractivity contribution in [1.82, 2.24) is 19.1 Å². The summed E-state index contributed by atoms with van der Waals surface area (Å²) >= 11 is 1.35. The molecule has 4 aromatic rings. The number of rotatable bonds is 8. The summed E-state index contributed by atoms with van der Waals surface area (Å²) in [6.45, 7) is 4.29. The normalized spacial score (nSPS) is 11.2. The Morgan fingerprint density at radius 2 is 1.94 bits per heavy atom. The maximum absolute atomic E-state index is 12.8. The van der Waals surface area contributed by atoms with Crippen LogP contribution in [-0.4, -0.2) is 32.2 Å². The van der Waals surface area contributed by atoms with Crippen molar-refractivity contribution in [2.24, 2.45) is 7.05 Å². The average molecular weight is 483 g/mol. The first-order valence-corrected chi connectivity index (χ1v) is 11.8. The molecule has 3 heterocycles. The zero-order valence-corrected chi connectivity index (χ0v) is 20.3. The fourth-order valence-electron chi connectivity index (χ4n) is 3.79. The van der Waals surface area contributed by atoms with E-state index in [1.807, 2.05) is 44.2 Å². The first-order chi connectivity index (χ1) is 16.3. The van der Waals surface area contributed by atoms with Crippen LogP contribution in [0.3, 0.4) is 0 Å². The van der Waals surface area contributed by atoms with Crippen LogP contribution in [0.15, 0.2) is 39.9 Å². The van der Waals surface area contributed by atoms with Crippen LogP contribution in [0.4, 0.5) is 0 Å². The molecule has 0 fully saturated rings. The molecular weight excluding hydrogens is 456 g/mol. The molecule has 0 spiro atoms. The minimum absolute atomic E-state index is 0.125. The molecule has 1 aromatic carbocycles. The van der Waals surface area contributed by atoms with E-state index in [1.165, 1.54) is 15.9 Å². The molecule has 178 valence electrons. The Bertz CT molecular complexity index is 1460. The van der Waals surface area contributed by atoms with Crippen LogP contribution in [-0.2, 0) is 24.9 Å². The van der Waals surface area contributed by atoms with E-state index >= 15 is 0 Å². The number of thiophene rings is 1. The number of aromatic amines is 1. The zero-order valence-electron chi connectivity index (χ0n) is 19.5. The molecule has 10 heteroatoms. The highest BCUT2D eigenvalue weighted by molar-refractivity contribution is 7.14. The van der Waals surface area contributed by atoms with E-state index in [4.69, 9.17) is 9.47 Å². The molecule has 3 aromatic heterocycles. The number of benzene rings is 1. The number of nitrogens with zero attached hydrogens (tertiary/aromatic N) is 3. The standard InChI is InChI=1S/C24H26N4O5S/c1-5-6-11-28-21-20(22(29)26-24(28)31)27(3)19(25-21)13-33-23(30)18-12-17(14(2)34-18)15-7-9-16(32-4)10-8-15/h7-10,12H,5-6,11,13H2,1-4H3,(H,26,29,31). The summed E-state index contributed by atoms with van der Waals surface area (Å²) in [5, 5.41) is 0. The highest BCUT2D eigenvalue weighted by Crippen LogP contribution is 2.32. The van der Waals surface area contributed by atoms with Gasteiger partial charge in [-0.25, -0.2) is 14.6 Å². The van der Waals surface area contributed by atoms with Crippen molar-refractivity contribution in [2.45, 2.75) is 39.8 Å². The van der Waals surface area contributed by atoms with Gasteiger partial charge in [0.05, 0.1) is 7.11 Å². The Morgan fingerprint density at radius 3 is 2.62 bits per heavy atom. The van der Waals surface area contributed by atoms with Gasteiger partial charge < -0.3 is 14.0 Å². The molecule has 0 atom stereocenters. The third kappa shape index (κ3) is 4.41. The second kappa shape index (κ2) is 9.68. The fraction of sp³-hybridized carbons (Fsp3) is 0.333. The van der Waals surface area contributed by atoms with Gasteiger partial charge in [-0.15, -0.1) is 11.3 Å². The van der Waals surface area contributed by atoms with Crippen molar-refractivity contribution in [1.29, 1.82) is 0 Å². The quantitative estimate of drug-likeness (QED) is 0.384. The van der Waals surface area contributed by atoms with Gasteiger partial charge in [0.2, 0.25) is 0 Å². The molecule has 0 radical (unpaired) electrons. The Hall–Kier alpha value is -3.66. The number of carbonyl (C=O) groups is 1. The van der Waals surface area contributed by atoms with Crippen LogP contribution in [0.5, 0.6) is 5.75 Å². The van der Waals surface area contributed by atoms with E-state index in [9.17, 15) is 14.4 Å². The van der Waals surface area contributed by atoms with Crippen LogP contribution in [0.25, 0.3) is 22.3 Å². The highest BCUT2D eigenvalue weighted by atomic mass is 32.1. The molecule has 0 saturated heterocycles. The number of aromatic nitrogens is 4. The Kier molecular flexibility index (Phi) is 6.69. The van der Waals surface area contributed by atoms with Crippen molar-refractivity contribution in [3.05, 3.63) is 66.7 Å². The number of unbranched alkanes of at least 4 members (excludes halogenated alkanes) is 1. The molecule has 4 rings (SSSR count). The molecule has 0 aliphatic carbocycles. The molecule has 0 bridgehead atoms. The summed E-state index contributed by atoms with van der Waals surface area (Å²) < 4.78 is 13.7. The number of carbonyl (C=O) groups excluding carboxylic acids is 1. The van der Waals surface area contributed by atoms with Crippen LogP contribution in [0.2, 0.25) is 0 Å². The van der Waals surface area contributed by atoms with E-state index in [-0.39, 0.29) is 12.1 Å². The van der Waals surface area contributed by atoms with Gasteiger partial charge in [-0.05, 0) is 42.7 Å². The average Bonchev–Trinajstić information content (AvgIpc) is 3.37. The lowest BCUT2D eigenvalue weighted by atomic mass is 10.1. The van der Waals surface area contributed by atoms with Crippen molar-refractivity contribution in [2.75, 3.05) is 7.11 Å². The van der Waals surface area contributed by atoms with Crippen LogP contribution in [0.1, 0.15) is 40.1 Å². The Balaban J connectivity index is 1.57. The molecular formula is C24H26N4O5S. The van der Waals surface area contributed by atoms with Gasteiger partial charge in [-0.2, -0.15) is 0 Å². The van der Waals surface area contributed by atoms with E-state index in [0.717, 1.165) is 34.6 Å². The number of esters is 1. The molecule has 34 heavy (non-hydrogen) atoms. The second-order valence-electron chi connectivity index (χ2n) is 7.91. The number of methoxy groups -OCH3 is 1. The number of nitrogens with one attached hydrogen (secondary N) is 1. The van der Waals surface area contributed by atoms with Gasteiger partial charge in [0.1, 0.15) is 23.1 Å². The number of imidazole rings is 1. The van der Waals surface area contributed by atoms with Crippen LogP contribution >= 0.6 is 11.3 Å². The summed E-state index contributed by atoms with van der Waals surface area (Å²) in [6.07, 6.45) is 1.67. The minimum atomic E-state index is -0.515. The number of fused-ring (bicyclic) bond motifs is 1. The number of ether oxygens (including phenoxy) is 2. The van der Waals surface area contributed by atoms with Gasteiger partial charge in [0.25, 0.3) is 5.56 Å². The van der Waals surface area contributed by atoms with Crippen molar-refractivity contribution >= 4 is 28.5 Å². The van der Waals surface area contributed by atoms with Gasteiger partial charge in [0.15, 0.2) is 11.2 Å². The number of hydrogen-bond acceptors (Lipinski definition) is 7. The third-order valence-electron chi connectivity index (χ3n) is 5.69.